The van der Waals surface area contributed by atoms with Gasteiger partial charge in [0.25, 0.3) is 0 Å². The van der Waals surface area contributed by atoms with Crippen LogP contribution in [-0.2, 0) is 6.42 Å². The Morgan fingerprint density at radius 3 is 2.24 bits per heavy atom. The summed E-state index contributed by atoms with van der Waals surface area (Å²) in [5, 5.41) is 3.52. The van der Waals surface area contributed by atoms with E-state index in [9.17, 15) is 0 Å². The van der Waals surface area contributed by atoms with Crippen molar-refractivity contribution in [2.45, 2.75) is 52.0 Å². The number of hydrogen-bond acceptors (Lipinski definition) is 1. The van der Waals surface area contributed by atoms with E-state index in [1.807, 2.05) is 0 Å². The van der Waals surface area contributed by atoms with Crippen LogP contribution in [0.25, 0.3) is 0 Å². The average Bonchev–Trinajstić information content (AvgIpc) is 2.24. The Hall–Kier alpha value is -0.340. The molecular formula is C15H24BrN. The van der Waals surface area contributed by atoms with E-state index in [-0.39, 0.29) is 5.54 Å². The van der Waals surface area contributed by atoms with Crippen molar-refractivity contribution in [1.29, 1.82) is 0 Å². The van der Waals surface area contributed by atoms with Gasteiger partial charge < -0.3 is 5.32 Å². The van der Waals surface area contributed by atoms with Gasteiger partial charge in [0, 0.05) is 10.0 Å². The molecule has 1 N–H and O–H groups in total. The highest BCUT2D eigenvalue weighted by Gasteiger charge is 2.06. The molecule has 1 nitrogen and oxygen atoms in total. The Labute approximate surface area is 114 Å². The molecule has 0 radical (unpaired) electrons. The van der Waals surface area contributed by atoms with Crippen LogP contribution in [0.15, 0.2) is 28.7 Å². The van der Waals surface area contributed by atoms with Crippen molar-refractivity contribution in [1.82, 2.24) is 5.32 Å². The van der Waals surface area contributed by atoms with E-state index in [2.05, 4.69) is 66.3 Å². The minimum atomic E-state index is 0.256. The molecule has 0 atom stereocenters. The summed E-state index contributed by atoms with van der Waals surface area (Å²) in [4.78, 5) is 0. The van der Waals surface area contributed by atoms with Crippen LogP contribution in [0.1, 0.15) is 45.6 Å². The lowest BCUT2D eigenvalue weighted by Crippen LogP contribution is -2.36. The van der Waals surface area contributed by atoms with Crippen molar-refractivity contribution in [2.75, 3.05) is 6.54 Å². The lowest BCUT2D eigenvalue weighted by atomic mass is 10.1. The van der Waals surface area contributed by atoms with E-state index in [0.717, 1.165) is 11.0 Å². The maximum Gasteiger partial charge on any atom is 0.0175 e. The van der Waals surface area contributed by atoms with Crippen LogP contribution in [0, 0.1) is 0 Å². The number of nitrogens with one attached hydrogen (secondary N) is 1. The van der Waals surface area contributed by atoms with Gasteiger partial charge in [0.2, 0.25) is 0 Å². The maximum atomic E-state index is 3.52. The van der Waals surface area contributed by atoms with Crippen LogP contribution in [0.4, 0.5) is 0 Å². The summed E-state index contributed by atoms with van der Waals surface area (Å²) in [7, 11) is 0. The average molecular weight is 298 g/mol. The number of halogens is 1. The molecule has 0 fully saturated rings. The number of aryl methyl sites for hydroxylation is 1. The zero-order chi connectivity index (χ0) is 12.7. The summed E-state index contributed by atoms with van der Waals surface area (Å²) >= 11 is 3.46. The normalized spacial score (nSPS) is 11.8. The van der Waals surface area contributed by atoms with Gasteiger partial charge in [-0.25, -0.2) is 0 Å². The minimum Gasteiger partial charge on any atom is -0.312 e. The first-order valence-electron chi connectivity index (χ1n) is 6.47. The van der Waals surface area contributed by atoms with Crippen molar-refractivity contribution >= 4 is 15.9 Å². The molecule has 1 aromatic rings. The highest BCUT2D eigenvalue weighted by molar-refractivity contribution is 9.10. The second kappa shape index (κ2) is 7.17. The van der Waals surface area contributed by atoms with Gasteiger partial charge >= 0.3 is 0 Å². The Bertz CT molecular complexity index is 311. The Kier molecular flexibility index (Phi) is 6.21. The van der Waals surface area contributed by atoms with Gasteiger partial charge in [-0.15, -0.1) is 0 Å². The molecule has 1 aromatic carbocycles. The molecule has 17 heavy (non-hydrogen) atoms. The zero-order valence-corrected chi connectivity index (χ0v) is 12.8. The summed E-state index contributed by atoms with van der Waals surface area (Å²) in [6.07, 6.45) is 5.06. The second-order valence-electron chi connectivity index (χ2n) is 5.61. The Balaban J connectivity index is 2.07. The smallest absolute Gasteiger partial charge is 0.0175 e. The van der Waals surface area contributed by atoms with E-state index >= 15 is 0 Å². The molecule has 0 amide bonds. The predicted molar refractivity (Wildman–Crippen MR) is 79.5 cm³/mol. The van der Waals surface area contributed by atoms with E-state index < -0.39 is 0 Å². The van der Waals surface area contributed by atoms with Gasteiger partial charge in [0.05, 0.1) is 0 Å². The first kappa shape index (κ1) is 14.7. The quantitative estimate of drug-likeness (QED) is 0.760. The number of hydrogen-bond donors (Lipinski definition) is 1. The SMILES string of the molecule is CC(C)(C)NCCCCCc1ccc(Br)cc1. The lowest BCUT2D eigenvalue weighted by Gasteiger charge is -2.20. The summed E-state index contributed by atoms with van der Waals surface area (Å²) < 4.78 is 1.16. The summed E-state index contributed by atoms with van der Waals surface area (Å²) in [5.74, 6) is 0. The zero-order valence-electron chi connectivity index (χ0n) is 11.2. The highest BCUT2D eigenvalue weighted by atomic mass is 79.9. The summed E-state index contributed by atoms with van der Waals surface area (Å²) in [6.45, 7) is 7.78. The maximum absolute atomic E-state index is 3.52. The highest BCUT2D eigenvalue weighted by Crippen LogP contribution is 2.12. The van der Waals surface area contributed by atoms with Gasteiger partial charge in [-0.1, -0.05) is 34.5 Å². The summed E-state index contributed by atoms with van der Waals surface area (Å²) in [5.41, 5.74) is 1.70. The molecule has 0 heterocycles. The van der Waals surface area contributed by atoms with E-state index in [4.69, 9.17) is 0 Å². The van der Waals surface area contributed by atoms with Gasteiger partial charge in [0.15, 0.2) is 0 Å². The minimum absolute atomic E-state index is 0.256. The van der Waals surface area contributed by atoms with Crippen LogP contribution >= 0.6 is 15.9 Å². The molecule has 0 unspecified atom stereocenters. The van der Waals surface area contributed by atoms with E-state index in [1.165, 1.54) is 31.2 Å². The molecule has 0 saturated heterocycles. The second-order valence-corrected chi connectivity index (χ2v) is 6.53. The molecule has 0 aliphatic carbocycles. The van der Waals surface area contributed by atoms with Gasteiger partial charge in [0.1, 0.15) is 0 Å². The van der Waals surface area contributed by atoms with Crippen LogP contribution in [0.3, 0.4) is 0 Å². The molecule has 96 valence electrons. The van der Waals surface area contributed by atoms with Crippen LogP contribution < -0.4 is 5.32 Å². The van der Waals surface area contributed by atoms with Crippen molar-refractivity contribution in [3.05, 3.63) is 34.3 Å². The molecule has 0 spiro atoms. The first-order valence-corrected chi connectivity index (χ1v) is 7.26. The molecule has 0 aliphatic heterocycles. The monoisotopic (exact) mass is 297 g/mol. The van der Waals surface area contributed by atoms with Crippen molar-refractivity contribution in [3.63, 3.8) is 0 Å². The van der Waals surface area contributed by atoms with Crippen LogP contribution in [-0.4, -0.2) is 12.1 Å². The lowest BCUT2D eigenvalue weighted by molar-refractivity contribution is 0.417. The predicted octanol–water partition coefficient (Wildman–Crippen LogP) is 4.55. The topological polar surface area (TPSA) is 12.0 Å². The number of rotatable bonds is 6. The third-order valence-corrected chi connectivity index (χ3v) is 3.24. The largest absolute Gasteiger partial charge is 0.312 e. The molecule has 1 rings (SSSR count). The molecule has 2 heteroatoms. The number of unbranched alkanes of at least 4 members (excludes halogenated alkanes) is 2. The van der Waals surface area contributed by atoms with Crippen molar-refractivity contribution in [3.8, 4) is 0 Å². The van der Waals surface area contributed by atoms with E-state index in [1.54, 1.807) is 0 Å². The fourth-order valence-electron chi connectivity index (χ4n) is 1.75. The number of benzene rings is 1. The van der Waals surface area contributed by atoms with Crippen LogP contribution in [0.2, 0.25) is 0 Å². The molecule has 0 aliphatic rings. The van der Waals surface area contributed by atoms with Crippen LogP contribution in [0.5, 0.6) is 0 Å². The molecule has 0 saturated carbocycles. The van der Waals surface area contributed by atoms with Gasteiger partial charge in [-0.2, -0.15) is 0 Å². The fraction of sp³-hybridized carbons (Fsp3) is 0.600. The molecule has 0 aromatic heterocycles. The fourth-order valence-corrected chi connectivity index (χ4v) is 2.01. The van der Waals surface area contributed by atoms with Crippen molar-refractivity contribution < 1.29 is 0 Å². The van der Waals surface area contributed by atoms with Gasteiger partial charge in [-0.3, -0.25) is 0 Å². The summed E-state index contributed by atoms with van der Waals surface area (Å²) in [6, 6.07) is 8.65. The Morgan fingerprint density at radius 2 is 1.65 bits per heavy atom. The third-order valence-electron chi connectivity index (χ3n) is 2.71. The third kappa shape index (κ3) is 7.56. The standard InChI is InChI=1S/C15H24BrN/c1-15(2,3)17-12-6-4-5-7-13-8-10-14(16)11-9-13/h8-11,17H,4-7,12H2,1-3H3. The van der Waals surface area contributed by atoms with Gasteiger partial charge in [-0.05, 0) is 64.3 Å². The van der Waals surface area contributed by atoms with Crippen molar-refractivity contribution in [2.24, 2.45) is 0 Å². The van der Waals surface area contributed by atoms with E-state index in [0.29, 0.717) is 0 Å². The molecular weight excluding hydrogens is 274 g/mol. The Morgan fingerprint density at radius 1 is 1.00 bits per heavy atom. The first-order chi connectivity index (χ1) is 7.97. The molecule has 0 bridgehead atoms.